The molecule has 0 aliphatic rings. The third-order valence-electron chi connectivity index (χ3n) is 2.21. The third kappa shape index (κ3) is 3.02. The molecule has 1 aromatic heterocycles. The van der Waals surface area contributed by atoms with Crippen LogP contribution in [-0.2, 0) is 17.9 Å². The molecule has 0 fully saturated rings. The zero-order valence-corrected chi connectivity index (χ0v) is 9.42. The first-order chi connectivity index (χ1) is 8.31. The molecule has 6 heteroatoms. The van der Waals surface area contributed by atoms with Crippen molar-refractivity contribution in [3.05, 3.63) is 41.5 Å². The molecule has 0 radical (unpaired) electrons. The summed E-state index contributed by atoms with van der Waals surface area (Å²) in [7, 11) is 1.63. The summed E-state index contributed by atoms with van der Waals surface area (Å²) >= 11 is 0. The highest BCUT2D eigenvalue weighted by atomic mass is 16.6. The van der Waals surface area contributed by atoms with E-state index in [1.54, 1.807) is 7.11 Å². The number of hydrogen-bond acceptors (Lipinski definition) is 6. The molecule has 0 atom stereocenters. The lowest BCUT2D eigenvalue weighted by atomic mass is 10.1. The van der Waals surface area contributed by atoms with E-state index in [0.717, 1.165) is 11.3 Å². The van der Waals surface area contributed by atoms with Crippen molar-refractivity contribution in [3.63, 3.8) is 0 Å². The number of rotatable bonds is 5. The first-order valence-electron chi connectivity index (χ1n) is 5.08. The minimum absolute atomic E-state index is 0.116. The maximum Gasteiger partial charge on any atom is 0.254 e. The Morgan fingerprint density at radius 3 is 3.06 bits per heavy atom. The van der Waals surface area contributed by atoms with Crippen molar-refractivity contribution < 1.29 is 14.1 Å². The second-order valence-electron chi connectivity index (χ2n) is 3.44. The monoisotopic (exact) mass is 235 g/mol. The van der Waals surface area contributed by atoms with E-state index in [-0.39, 0.29) is 6.61 Å². The summed E-state index contributed by atoms with van der Waals surface area (Å²) in [4.78, 5) is 8.54. The van der Waals surface area contributed by atoms with Crippen molar-refractivity contribution in [1.82, 2.24) is 10.1 Å². The van der Waals surface area contributed by atoms with Crippen LogP contribution in [0, 0.1) is 0 Å². The van der Waals surface area contributed by atoms with Gasteiger partial charge in [-0.25, -0.2) is 5.90 Å². The van der Waals surface area contributed by atoms with Gasteiger partial charge in [-0.05, 0) is 17.7 Å². The van der Waals surface area contributed by atoms with Gasteiger partial charge in [-0.1, -0.05) is 17.3 Å². The maximum absolute atomic E-state index is 5.14. The number of methoxy groups -OCH3 is 1. The molecule has 0 aliphatic carbocycles. The number of aromatic nitrogens is 2. The average Bonchev–Trinajstić information content (AvgIpc) is 2.77. The van der Waals surface area contributed by atoms with Crippen LogP contribution in [-0.4, -0.2) is 17.3 Å². The standard InChI is InChI=1S/C11H13N3O3/c1-15-9-4-2-3-8(5-9)6-10-13-11(7-16-12)17-14-10/h2-5H,6-7,12H2,1H3. The highest BCUT2D eigenvalue weighted by Gasteiger charge is 2.07. The van der Waals surface area contributed by atoms with Crippen molar-refractivity contribution in [2.45, 2.75) is 13.0 Å². The number of benzene rings is 1. The number of hydrogen-bond donors (Lipinski definition) is 1. The molecule has 0 saturated heterocycles. The number of nitrogens with two attached hydrogens (primary N) is 1. The van der Waals surface area contributed by atoms with Crippen LogP contribution >= 0.6 is 0 Å². The number of nitrogens with zero attached hydrogens (tertiary/aromatic N) is 2. The van der Waals surface area contributed by atoms with E-state index in [9.17, 15) is 0 Å². The average molecular weight is 235 g/mol. The second-order valence-corrected chi connectivity index (χ2v) is 3.44. The van der Waals surface area contributed by atoms with Crippen molar-refractivity contribution in [2.24, 2.45) is 5.90 Å². The zero-order chi connectivity index (χ0) is 12.1. The summed E-state index contributed by atoms with van der Waals surface area (Å²) in [5.41, 5.74) is 1.05. The fourth-order valence-corrected chi connectivity index (χ4v) is 1.46. The van der Waals surface area contributed by atoms with Crippen molar-refractivity contribution in [1.29, 1.82) is 0 Å². The first kappa shape index (κ1) is 11.6. The SMILES string of the molecule is COc1cccc(Cc2noc(CON)n2)c1. The Labute approximate surface area is 98.3 Å². The Bertz CT molecular complexity index is 484. The minimum Gasteiger partial charge on any atom is -0.497 e. The fourth-order valence-electron chi connectivity index (χ4n) is 1.46. The molecule has 6 nitrogen and oxygen atoms in total. The summed E-state index contributed by atoms with van der Waals surface area (Å²) in [6.45, 7) is 0.116. The second kappa shape index (κ2) is 5.42. The van der Waals surface area contributed by atoms with E-state index in [1.165, 1.54) is 0 Å². The van der Waals surface area contributed by atoms with Crippen molar-refractivity contribution in [2.75, 3.05) is 7.11 Å². The normalized spacial score (nSPS) is 10.5. The Hall–Kier alpha value is -1.92. The molecule has 2 N–H and O–H groups in total. The molecule has 90 valence electrons. The summed E-state index contributed by atoms with van der Waals surface area (Å²) in [6, 6.07) is 7.69. The maximum atomic E-state index is 5.14. The Morgan fingerprint density at radius 2 is 2.29 bits per heavy atom. The van der Waals surface area contributed by atoms with Gasteiger partial charge in [0.1, 0.15) is 12.4 Å². The van der Waals surface area contributed by atoms with Crippen LogP contribution in [0.15, 0.2) is 28.8 Å². The van der Waals surface area contributed by atoms with E-state index in [4.69, 9.17) is 15.2 Å². The van der Waals surface area contributed by atoms with E-state index >= 15 is 0 Å². The van der Waals surface area contributed by atoms with E-state index < -0.39 is 0 Å². The molecule has 0 saturated carbocycles. The molecule has 0 spiro atoms. The smallest absolute Gasteiger partial charge is 0.254 e. The van der Waals surface area contributed by atoms with Gasteiger partial charge >= 0.3 is 0 Å². The molecule has 1 aromatic carbocycles. The lowest BCUT2D eigenvalue weighted by molar-refractivity contribution is 0.0995. The van der Waals surface area contributed by atoms with E-state index in [2.05, 4.69) is 15.0 Å². The molecular weight excluding hydrogens is 222 g/mol. The summed E-state index contributed by atoms with van der Waals surface area (Å²) < 4.78 is 10.1. The molecule has 0 amide bonds. The summed E-state index contributed by atoms with van der Waals surface area (Å²) in [6.07, 6.45) is 0.575. The molecule has 0 bridgehead atoms. The molecular formula is C11H13N3O3. The predicted octanol–water partition coefficient (Wildman–Crippen LogP) is 1.06. The summed E-state index contributed by atoms with van der Waals surface area (Å²) in [5.74, 6) is 6.67. The minimum atomic E-state index is 0.116. The largest absolute Gasteiger partial charge is 0.497 e. The van der Waals surface area contributed by atoms with E-state index in [1.807, 2.05) is 24.3 Å². The van der Waals surface area contributed by atoms with Crippen LogP contribution < -0.4 is 10.6 Å². The topological polar surface area (TPSA) is 83.4 Å². The predicted molar refractivity (Wildman–Crippen MR) is 59.1 cm³/mol. The van der Waals surface area contributed by atoms with Gasteiger partial charge in [0.2, 0.25) is 0 Å². The first-order valence-corrected chi connectivity index (χ1v) is 5.08. The van der Waals surface area contributed by atoms with Crippen LogP contribution in [0.4, 0.5) is 0 Å². The molecule has 2 aromatic rings. The van der Waals surface area contributed by atoms with Gasteiger partial charge in [-0.2, -0.15) is 4.98 Å². The lowest BCUT2D eigenvalue weighted by Crippen LogP contribution is -1.99. The van der Waals surface area contributed by atoms with Crippen LogP contribution in [0.25, 0.3) is 0 Å². The molecule has 1 heterocycles. The van der Waals surface area contributed by atoms with Crippen LogP contribution in [0.3, 0.4) is 0 Å². The Balaban J connectivity index is 2.08. The van der Waals surface area contributed by atoms with E-state index in [0.29, 0.717) is 18.1 Å². The lowest BCUT2D eigenvalue weighted by Gasteiger charge is -2.01. The molecule has 2 rings (SSSR count). The molecule has 0 aliphatic heterocycles. The molecule has 0 unspecified atom stereocenters. The third-order valence-corrected chi connectivity index (χ3v) is 2.21. The zero-order valence-electron chi connectivity index (χ0n) is 9.42. The van der Waals surface area contributed by atoms with Gasteiger partial charge in [-0.3, -0.25) is 4.84 Å². The number of ether oxygens (including phenoxy) is 1. The van der Waals surface area contributed by atoms with Crippen LogP contribution in [0.1, 0.15) is 17.3 Å². The van der Waals surface area contributed by atoms with Crippen LogP contribution in [0.2, 0.25) is 0 Å². The van der Waals surface area contributed by atoms with Crippen molar-refractivity contribution >= 4 is 0 Å². The van der Waals surface area contributed by atoms with Crippen molar-refractivity contribution in [3.8, 4) is 5.75 Å². The highest BCUT2D eigenvalue weighted by molar-refractivity contribution is 5.29. The van der Waals surface area contributed by atoms with Gasteiger partial charge in [-0.15, -0.1) is 0 Å². The summed E-state index contributed by atoms with van der Waals surface area (Å²) in [5, 5.41) is 3.82. The van der Waals surface area contributed by atoms with Gasteiger partial charge in [0, 0.05) is 6.42 Å². The highest BCUT2D eigenvalue weighted by Crippen LogP contribution is 2.15. The Kier molecular flexibility index (Phi) is 3.69. The quantitative estimate of drug-likeness (QED) is 0.780. The van der Waals surface area contributed by atoms with Gasteiger partial charge in [0.25, 0.3) is 5.89 Å². The fraction of sp³-hybridized carbons (Fsp3) is 0.273. The van der Waals surface area contributed by atoms with Crippen LogP contribution in [0.5, 0.6) is 5.75 Å². The Morgan fingerprint density at radius 1 is 1.41 bits per heavy atom. The van der Waals surface area contributed by atoms with Gasteiger partial charge in [0.05, 0.1) is 7.11 Å². The van der Waals surface area contributed by atoms with Gasteiger partial charge < -0.3 is 9.26 Å². The molecule has 17 heavy (non-hydrogen) atoms. The van der Waals surface area contributed by atoms with Gasteiger partial charge in [0.15, 0.2) is 5.82 Å².